The largest absolute Gasteiger partial charge is 0.348 e. The zero-order valence-electron chi connectivity index (χ0n) is 21.3. The number of aromatic nitrogens is 4. The van der Waals surface area contributed by atoms with Gasteiger partial charge in [0.25, 0.3) is 11.5 Å². The summed E-state index contributed by atoms with van der Waals surface area (Å²) in [7, 11) is 0. The fraction of sp³-hybridized carbons (Fsp3) is 0.357. The van der Waals surface area contributed by atoms with Crippen LogP contribution in [0.15, 0.2) is 47.4 Å². The molecule has 1 atom stereocenters. The van der Waals surface area contributed by atoms with Crippen molar-refractivity contribution in [3.8, 4) is 0 Å². The highest BCUT2D eigenvalue weighted by molar-refractivity contribution is 6.07. The minimum absolute atomic E-state index is 0.0289. The van der Waals surface area contributed by atoms with Gasteiger partial charge in [0.05, 0.1) is 17.0 Å². The summed E-state index contributed by atoms with van der Waals surface area (Å²) in [6.07, 6.45) is 4.04. The van der Waals surface area contributed by atoms with Gasteiger partial charge in [-0.15, -0.1) is 0 Å². The number of carbonyl (C=O) groups is 1. The van der Waals surface area contributed by atoms with Crippen LogP contribution < -0.4 is 15.8 Å². The van der Waals surface area contributed by atoms with Crippen molar-refractivity contribution in [1.82, 2.24) is 24.8 Å². The number of hydrogen-bond acceptors (Lipinski definition) is 5. The Morgan fingerprint density at radius 3 is 2.56 bits per heavy atom. The van der Waals surface area contributed by atoms with Gasteiger partial charge in [-0.05, 0) is 57.7 Å². The first-order valence-electron chi connectivity index (χ1n) is 12.5. The number of aromatic amines is 1. The minimum Gasteiger partial charge on any atom is -0.348 e. The second kappa shape index (κ2) is 9.60. The zero-order valence-corrected chi connectivity index (χ0v) is 21.3. The summed E-state index contributed by atoms with van der Waals surface area (Å²) in [5.41, 5.74) is 5.27. The van der Waals surface area contributed by atoms with E-state index in [9.17, 15) is 9.59 Å². The van der Waals surface area contributed by atoms with Crippen molar-refractivity contribution in [3.05, 3.63) is 86.6 Å². The van der Waals surface area contributed by atoms with Gasteiger partial charge in [0.2, 0.25) is 5.95 Å². The number of H-pyrrole nitrogens is 1. The molecule has 3 aromatic heterocycles. The molecule has 0 radical (unpaired) electrons. The molecule has 1 aromatic carbocycles. The van der Waals surface area contributed by atoms with Crippen molar-refractivity contribution in [1.29, 1.82) is 0 Å². The van der Waals surface area contributed by atoms with E-state index in [0.29, 0.717) is 22.5 Å². The van der Waals surface area contributed by atoms with Gasteiger partial charge in [-0.2, -0.15) is 4.98 Å². The molecule has 0 saturated carbocycles. The summed E-state index contributed by atoms with van der Waals surface area (Å²) in [6, 6.07) is 12.1. The van der Waals surface area contributed by atoms with Gasteiger partial charge in [0, 0.05) is 42.8 Å². The van der Waals surface area contributed by atoms with Crippen molar-refractivity contribution in [2.24, 2.45) is 0 Å². The van der Waals surface area contributed by atoms with E-state index in [1.54, 1.807) is 6.20 Å². The molecule has 2 N–H and O–H groups in total. The minimum atomic E-state index is -0.242. The van der Waals surface area contributed by atoms with Crippen molar-refractivity contribution in [3.63, 3.8) is 0 Å². The number of nitrogens with zero attached hydrogens (tertiary/aromatic N) is 4. The summed E-state index contributed by atoms with van der Waals surface area (Å²) in [4.78, 5) is 40.6. The standard InChI is InChI=1S/C28H32N6O2/c1-17-14-18(2)31-26(35)22(17)15-29-27(36)24-20(4)34(19(3)21-10-6-5-7-11-21)25-23(24)16-30-28(32-25)33-12-8-9-13-33/h5-7,10-11,14,16,19H,8-9,12-13,15H2,1-4H3,(H,29,36)(H,31,35)/t19-/m1/s1. The maximum atomic E-state index is 13.6. The van der Waals surface area contributed by atoms with Crippen LogP contribution in [0.2, 0.25) is 0 Å². The molecule has 4 heterocycles. The van der Waals surface area contributed by atoms with Crippen molar-refractivity contribution in [2.45, 2.75) is 53.1 Å². The molecule has 0 unspecified atom stereocenters. The van der Waals surface area contributed by atoms with Gasteiger partial charge >= 0.3 is 0 Å². The summed E-state index contributed by atoms with van der Waals surface area (Å²) in [5, 5.41) is 3.69. The molecule has 1 aliphatic rings. The van der Waals surface area contributed by atoms with E-state index in [2.05, 4.69) is 43.8 Å². The summed E-state index contributed by atoms with van der Waals surface area (Å²) in [5.74, 6) is 0.459. The van der Waals surface area contributed by atoms with Gasteiger partial charge in [-0.3, -0.25) is 9.59 Å². The van der Waals surface area contributed by atoms with Gasteiger partial charge in [0.15, 0.2) is 0 Å². The zero-order chi connectivity index (χ0) is 25.4. The molecule has 1 aliphatic heterocycles. The Labute approximate surface area is 210 Å². The molecule has 1 saturated heterocycles. The average molecular weight is 485 g/mol. The van der Waals surface area contributed by atoms with Gasteiger partial charge < -0.3 is 19.8 Å². The number of hydrogen-bond donors (Lipinski definition) is 2. The second-order valence-electron chi connectivity index (χ2n) is 9.64. The molecule has 4 aromatic rings. The Morgan fingerprint density at radius 2 is 1.86 bits per heavy atom. The highest BCUT2D eigenvalue weighted by atomic mass is 16.2. The maximum absolute atomic E-state index is 13.6. The predicted molar refractivity (Wildman–Crippen MR) is 142 cm³/mol. The van der Waals surface area contributed by atoms with E-state index in [0.717, 1.165) is 54.1 Å². The van der Waals surface area contributed by atoms with Crippen LogP contribution in [0.5, 0.6) is 0 Å². The van der Waals surface area contributed by atoms with E-state index in [-0.39, 0.29) is 24.1 Å². The first kappa shape index (κ1) is 23.8. The van der Waals surface area contributed by atoms with Crippen LogP contribution in [0.25, 0.3) is 11.0 Å². The normalized spacial score (nSPS) is 14.4. The molecular weight excluding hydrogens is 452 g/mol. The van der Waals surface area contributed by atoms with Crippen LogP contribution >= 0.6 is 0 Å². The highest BCUT2D eigenvalue weighted by Gasteiger charge is 2.26. The lowest BCUT2D eigenvalue weighted by molar-refractivity contribution is 0.0951. The molecule has 0 bridgehead atoms. The summed E-state index contributed by atoms with van der Waals surface area (Å²) < 4.78 is 2.13. The Bertz CT molecular complexity index is 1480. The van der Waals surface area contributed by atoms with E-state index in [4.69, 9.17) is 4.98 Å². The Hall–Kier alpha value is -3.94. The number of benzene rings is 1. The lowest BCUT2D eigenvalue weighted by atomic mass is 10.1. The second-order valence-corrected chi connectivity index (χ2v) is 9.64. The topological polar surface area (TPSA) is 95.9 Å². The summed E-state index contributed by atoms with van der Waals surface area (Å²) >= 11 is 0. The number of aryl methyl sites for hydroxylation is 2. The number of fused-ring (bicyclic) bond motifs is 1. The molecule has 0 aliphatic carbocycles. The number of amides is 1. The molecule has 5 rings (SSSR count). The molecular formula is C28H32N6O2. The van der Waals surface area contributed by atoms with Gasteiger partial charge in [-0.25, -0.2) is 4.98 Å². The van der Waals surface area contributed by atoms with Crippen LogP contribution in [0, 0.1) is 20.8 Å². The maximum Gasteiger partial charge on any atom is 0.254 e. The smallest absolute Gasteiger partial charge is 0.254 e. The molecule has 8 nitrogen and oxygen atoms in total. The van der Waals surface area contributed by atoms with E-state index < -0.39 is 0 Å². The van der Waals surface area contributed by atoms with Crippen molar-refractivity contribution < 1.29 is 4.79 Å². The highest BCUT2D eigenvalue weighted by Crippen LogP contribution is 2.32. The number of carbonyl (C=O) groups excluding carboxylic acids is 1. The van der Waals surface area contributed by atoms with Gasteiger partial charge in [0.1, 0.15) is 5.65 Å². The fourth-order valence-electron chi connectivity index (χ4n) is 5.27. The monoisotopic (exact) mass is 484 g/mol. The number of anilines is 1. The molecule has 0 spiro atoms. The number of pyridine rings is 1. The predicted octanol–water partition coefficient (Wildman–Crippen LogP) is 4.18. The molecule has 1 fully saturated rings. The third-order valence-electron chi connectivity index (χ3n) is 7.18. The lowest BCUT2D eigenvalue weighted by Gasteiger charge is -2.19. The fourth-order valence-corrected chi connectivity index (χ4v) is 5.27. The number of nitrogens with one attached hydrogen (secondary N) is 2. The molecule has 186 valence electrons. The third-order valence-corrected chi connectivity index (χ3v) is 7.18. The van der Waals surface area contributed by atoms with Gasteiger partial charge in [-0.1, -0.05) is 30.3 Å². The Balaban J connectivity index is 1.57. The third kappa shape index (κ3) is 4.27. The Kier molecular flexibility index (Phi) is 6.35. The van der Waals surface area contributed by atoms with Crippen molar-refractivity contribution >= 4 is 22.9 Å². The van der Waals surface area contributed by atoms with E-state index in [1.807, 2.05) is 45.0 Å². The van der Waals surface area contributed by atoms with Crippen LogP contribution in [-0.4, -0.2) is 38.5 Å². The van der Waals surface area contributed by atoms with E-state index in [1.165, 1.54) is 0 Å². The number of rotatable bonds is 6. The molecule has 1 amide bonds. The SMILES string of the molecule is Cc1cc(C)c(CNC(=O)c2c(C)n([C@H](C)c3ccccc3)c3nc(N4CCCC4)ncc23)c(=O)[nH]1. The first-order valence-corrected chi connectivity index (χ1v) is 12.5. The van der Waals surface area contributed by atoms with Crippen molar-refractivity contribution in [2.75, 3.05) is 18.0 Å². The van der Waals surface area contributed by atoms with Crippen LogP contribution in [0.1, 0.15) is 64.2 Å². The molecule has 8 heteroatoms. The Morgan fingerprint density at radius 1 is 1.14 bits per heavy atom. The first-order chi connectivity index (χ1) is 17.3. The lowest BCUT2D eigenvalue weighted by Crippen LogP contribution is -2.28. The van der Waals surface area contributed by atoms with Crippen LogP contribution in [0.4, 0.5) is 5.95 Å². The molecule has 36 heavy (non-hydrogen) atoms. The van der Waals surface area contributed by atoms with Crippen LogP contribution in [-0.2, 0) is 6.54 Å². The quantitative estimate of drug-likeness (QED) is 0.428. The van der Waals surface area contributed by atoms with E-state index >= 15 is 0 Å². The average Bonchev–Trinajstić information content (AvgIpc) is 3.49. The summed E-state index contributed by atoms with van der Waals surface area (Å²) in [6.45, 7) is 9.84. The van der Waals surface area contributed by atoms with Crippen LogP contribution in [0.3, 0.4) is 0 Å².